The van der Waals surface area contributed by atoms with Gasteiger partial charge in [-0.25, -0.2) is 14.6 Å². The molecule has 4 heterocycles. The summed E-state index contributed by atoms with van der Waals surface area (Å²) in [5.74, 6) is 0.592. The van der Waals surface area contributed by atoms with Gasteiger partial charge in [-0.2, -0.15) is 5.10 Å². The Bertz CT molecular complexity index is 1610. The molecule has 1 unspecified atom stereocenters. The minimum atomic E-state index is -0.455. The lowest BCUT2D eigenvalue weighted by Crippen LogP contribution is -2.27. The van der Waals surface area contributed by atoms with E-state index in [1.165, 1.54) is 0 Å². The topological polar surface area (TPSA) is 117 Å². The number of carbonyl (C=O) groups excluding carboxylic acids is 1. The van der Waals surface area contributed by atoms with Gasteiger partial charge < -0.3 is 14.8 Å². The number of carbonyl (C=O) groups is 1. The van der Waals surface area contributed by atoms with Gasteiger partial charge in [-0.3, -0.25) is 19.1 Å². The summed E-state index contributed by atoms with van der Waals surface area (Å²) in [4.78, 5) is 30.2. The SMILES string of the molecule is Cn1c(=O)n(C2CCOC2)c2cc(Nc3cc(NC(=O)OC4CCC4)cc(-c4cnn(C5CC5)c4)c3)ncc21. The fraction of sp³-hybridized carbons (Fsp3) is 0.429. The van der Waals surface area contributed by atoms with Crippen molar-refractivity contribution in [3.63, 3.8) is 0 Å². The van der Waals surface area contributed by atoms with Crippen LogP contribution in [0.2, 0.25) is 0 Å². The highest BCUT2D eigenvalue weighted by atomic mass is 16.6. The summed E-state index contributed by atoms with van der Waals surface area (Å²) in [6.07, 6.45) is 11.1. The summed E-state index contributed by atoms with van der Waals surface area (Å²) in [5.41, 5.74) is 4.71. The van der Waals surface area contributed by atoms with Crippen molar-refractivity contribution >= 4 is 34.3 Å². The number of hydrogen-bond donors (Lipinski definition) is 2. The molecule has 0 bridgehead atoms. The number of nitrogens with zero attached hydrogens (tertiary/aromatic N) is 5. The summed E-state index contributed by atoms with van der Waals surface area (Å²) in [7, 11) is 1.76. The van der Waals surface area contributed by atoms with Crippen molar-refractivity contribution in [3.8, 4) is 11.1 Å². The van der Waals surface area contributed by atoms with E-state index in [9.17, 15) is 9.59 Å². The molecule has 1 amide bonds. The second-order valence-corrected chi connectivity index (χ2v) is 10.7. The fourth-order valence-electron chi connectivity index (χ4n) is 5.30. The van der Waals surface area contributed by atoms with Crippen LogP contribution in [-0.4, -0.2) is 49.3 Å². The molecule has 1 saturated heterocycles. The van der Waals surface area contributed by atoms with Gasteiger partial charge in [-0.15, -0.1) is 0 Å². The van der Waals surface area contributed by atoms with Crippen molar-refractivity contribution < 1.29 is 14.3 Å². The Morgan fingerprint density at radius 1 is 1.00 bits per heavy atom. The summed E-state index contributed by atoms with van der Waals surface area (Å²) >= 11 is 0. The fourth-order valence-corrected chi connectivity index (χ4v) is 5.30. The van der Waals surface area contributed by atoms with E-state index in [1.807, 2.05) is 41.3 Å². The van der Waals surface area contributed by atoms with E-state index in [0.717, 1.165) is 66.4 Å². The molecule has 3 aromatic heterocycles. The number of imidazole rings is 1. The number of hydrogen-bond acceptors (Lipinski definition) is 7. The van der Waals surface area contributed by atoms with Gasteiger partial charge in [0, 0.05) is 42.9 Å². The van der Waals surface area contributed by atoms with Crippen LogP contribution in [0.25, 0.3) is 22.2 Å². The molecule has 3 aliphatic rings. The van der Waals surface area contributed by atoms with E-state index in [-0.39, 0.29) is 17.8 Å². The van der Waals surface area contributed by atoms with Crippen LogP contribution in [0.15, 0.2) is 47.7 Å². The summed E-state index contributed by atoms with van der Waals surface area (Å²) in [6, 6.07) is 8.15. The van der Waals surface area contributed by atoms with Crippen LogP contribution in [0.3, 0.4) is 0 Å². The monoisotopic (exact) mass is 529 g/mol. The van der Waals surface area contributed by atoms with Gasteiger partial charge in [0.05, 0.1) is 42.1 Å². The molecule has 2 saturated carbocycles. The number of pyridine rings is 1. The molecule has 1 aromatic carbocycles. The minimum absolute atomic E-state index is 0.000245. The molecule has 7 rings (SSSR count). The molecule has 1 aliphatic heterocycles. The molecule has 11 nitrogen and oxygen atoms in total. The molecule has 4 aromatic rings. The number of anilines is 3. The number of rotatable bonds is 7. The molecule has 3 fully saturated rings. The maximum absolute atomic E-state index is 13.0. The van der Waals surface area contributed by atoms with Crippen molar-refractivity contribution in [2.75, 3.05) is 23.8 Å². The molecular formula is C28H31N7O4. The molecule has 0 spiro atoms. The predicted octanol–water partition coefficient (Wildman–Crippen LogP) is 4.74. The lowest BCUT2D eigenvalue weighted by molar-refractivity contribution is 0.0624. The highest BCUT2D eigenvalue weighted by Crippen LogP contribution is 2.36. The van der Waals surface area contributed by atoms with Gasteiger partial charge in [-0.1, -0.05) is 0 Å². The molecule has 1 atom stereocenters. The minimum Gasteiger partial charge on any atom is -0.446 e. The second kappa shape index (κ2) is 9.57. The number of benzene rings is 1. The number of amides is 1. The third-order valence-corrected chi connectivity index (χ3v) is 7.88. The Kier molecular flexibility index (Phi) is 5.88. The van der Waals surface area contributed by atoms with Crippen LogP contribution < -0.4 is 16.3 Å². The zero-order valence-electron chi connectivity index (χ0n) is 21.8. The van der Waals surface area contributed by atoms with Crippen molar-refractivity contribution in [1.29, 1.82) is 0 Å². The Labute approximate surface area is 224 Å². The molecule has 39 heavy (non-hydrogen) atoms. The van der Waals surface area contributed by atoms with Crippen LogP contribution in [0.5, 0.6) is 0 Å². The number of fused-ring (bicyclic) bond motifs is 1. The highest BCUT2D eigenvalue weighted by Gasteiger charge is 2.26. The lowest BCUT2D eigenvalue weighted by Gasteiger charge is -2.25. The second-order valence-electron chi connectivity index (χ2n) is 10.7. The van der Waals surface area contributed by atoms with Crippen molar-refractivity contribution in [1.82, 2.24) is 23.9 Å². The number of aromatic nitrogens is 5. The van der Waals surface area contributed by atoms with Crippen LogP contribution >= 0.6 is 0 Å². The maximum atomic E-state index is 13.0. The molecule has 2 N–H and O–H groups in total. The van der Waals surface area contributed by atoms with E-state index < -0.39 is 6.09 Å². The molecule has 2 aliphatic carbocycles. The standard InChI is InChI=1S/C28H31N7O4/c1-33-25-14-29-26(12-24(25)35(28(33)37)22-7-8-38-16-22)31-19-9-17(18-13-30-34(15-18)21-5-6-21)10-20(11-19)32-27(36)39-23-3-2-4-23/h9-15,21-23H,2-8,16H2,1H3,(H,29,31)(H,32,36). The quantitative estimate of drug-likeness (QED) is 0.355. The van der Waals surface area contributed by atoms with Crippen LogP contribution in [0, 0.1) is 0 Å². The van der Waals surface area contributed by atoms with Gasteiger partial charge in [0.25, 0.3) is 0 Å². The summed E-state index contributed by atoms with van der Waals surface area (Å²) < 4.78 is 16.5. The van der Waals surface area contributed by atoms with E-state index >= 15 is 0 Å². The maximum Gasteiger partial charge on any atom is 0.411 e. The first-order valence-corrected chi connectivity index (χ1v) is 13.6. The number of ether oxygens (including phenoxy) is 2. The normalized spacial score (nSPS) is 19.3. The van der Waals surface area contributed by atoms with E-state index in [4.69, 9.17) is 9.47 Å². The molecule has 11 heteroatoms. The highest BCUT2D eigenvalue weighted by molar-refractivity contribution is 5.88. The van der Waals surface area contributed by atoms with Crippen molar-refractivity contribution in [2.24, 2.45) is 7.05 Å². The van der Waals surface area contributed by atoms with Crippen LogP contribution in [-0.2, 0) is 16.5 Å². The summed E-state index contributed by atoms with van der Waals surface area (Å²) in [6.45, 7) is 1.17. The van der Waals surface area contributed by atoms with Gasteiger partial charge in [-0.05, 0) is 62.3 Å². The zero-order chi connectivity index (χ0) is 26.5. The Morgan fingerprint density at radius 3 is 2.59 bits per heavy atom. The largest absolute Gasteiger partial charge is 0.446 e. The van der Waals surface area contributed by atoms with Gasteiger partial charge in [0.2, 0.25) is 0 Å². The summed E-state index contributed by atoms with van der Waals surface area (Å²) in [5, 5.41) is 10.8. The predicted molar refractivity (Wildman–Crippen MR) is 146 cm³/mol. The van der Waals surface area contributed by atoms with Gasteiger partial charge in [0.15, 0.2) is 0 Å². The van der Waals surface area contributed by atoms with Crippen LogP contribution in [0.1, 0.15) is 50.6 Å². The van der Waals surface area contributed by atoms with E-state index in [1.54, 1.807) is 22.4 Å². The van der Waals surface area contributed by atoms with Gasteiger partial charge >= 0.3 is 11.8 Å². The Balaban J connectivity index is 1.22. The third kappa shape index (κ3) is 4.67. The molecule has 202 valence electrons. The van der Waals surface area contributed by atoms with E-state index in [0.29, 0.717) is 30.8 Å². The average molecular weight is 530 g/mol. The average Bonchev–Trinajstić information content (AvgIpc) is 3.29. The first-order valence-electron chi connectivity index (χ1n) is 13.6. The number of nitrogens with one attached hydrogen (secondary N) is 2. The smallest absolute Gasteiger partial charge is 0.411 e. The van der Waals surface area contributed by atoms with Gasteiger partial charge in [0.1, 0.15) is 11.9 Å². The van der Waals surface area contributed by atoms with Crippen molar-refractivity contribution in [2.45, 2.75) is 56.7 Å². The molecular weight excluding hydrogens is 498 g/mol. The van der Waals surface area contributed by atoms with E-state index in [2.05, 4.69) is 20.7 Å². The lowest BCUT2D eigenvalue weighted by atomic mass is 9.96. The molecule has 0 radical (unpaired) electrons. The Hall–Kier alpha value is -4.12. The Morgan fingerprint density at radius 2 is 1.85 bits per heavy atom. The third-order valence-electron chi connectivity index (χ3n) is 7.88. The first-order chi connectivity index (χ1) is 19.0. The number of aryl methyl sites for hydroxylation is 1. The zero-order valence-corrected chi connectivity index (χ0v) is 21.8. The van der Waals surface area contributed by atoms with Crippen molar-refractivity contribution in [3.05, 3.63) is 53.3 Å². The van der Waals surface area contributed by atoms with Crippen LogP contribution in [0.4, 0.5) is 22.0 Å². The first kappa shape index (κ1) is 24.0.